The molecule has 1 aliphatic heterocycles. The number of anilines is 1. The molecule has 10 heteroatoms. The number of nitrogens with zero attached hydrogens (tertiary/aromatic N) is 2. The van der Waals surface area contributed by atoms with Gasteiger partial charge in [-0.15, -0.1) is 10.2 Å². The minimum atomic E-state index is -0.212. The van der Waals surface area contributed by atoms with Gasteiger partial charge in [-0.25, -0.2) is 0 Å². The van der Waals surface area contributed by atoms with Crippen LogP contribution in [0.2, 0.25) is 0 Å². The topological polar surface area (TPSA) is 105 Å². The molecule has 0 fully saturated rings. The number of nitrogens with one attached hydrogen (secondary N) is 1. The van der Waals surface area contributed by atoms with Gasteiger partial charge in [-0.3, -0.25) is 4.79 Å². The number of aromatic nitrogens is 2. The molecule has 29 heavy (non-hydrogen) atoms. The summed E-state index contributed by atoms with van der Waals surface area (Å²) in [5.41, 5.74) is 1.26. The lowest BCUT2D eigenvalue weighted by Crippen LogP contribution is -2.13. The highest BCUT2D eigenvalue weighted by Gasteiger charge is 2.17. The van der Waals surface area contributed by atoms with E-state index in [1.807, 2.05) is 0 Å². The maximum atomic E-state index is 12.2. The second-order valence-electron chi connectivity index (χ2n) is 5.84. The molecule has 1 aliphatic rings. The molecule has 4 rings (SSSR count). The lowest BCUT2D eigenvalue weighted by Gasteiger charge is -2.07. The van der Waals surface area contributed by atoms with Gasteiger partial charge < -0.3 is 28.7 Å². The predicted molar refractivity (Wildman–Crippen MR) is 105 cm³/mol. The van der Waals surface area contributed by atoms with Crippen LogP contribution >= 0.6 is 11.8 Å². The molecule has 150 valence electrons. The van der Waals surface area contributed by atoms with Crippen LogP contribution in [0.1, 0.15) is 0 Å². The first-order valence-electron chi connectivity index (χ1n) is 8.54. The number of benzene rings is 2. The molecule has 0 bridgehead atoms. The lowest BCUT2D eigenvalue weighted by atomic mass is 10.2. The number of hydrogen-bond acceptors (Lipinski definition) is 9. The van der Waals surface area contributed by atoms with Gasteiger partial charge in [-0.05, 0) is 24.3 Å². The summed E-state index contributed by atoms with van der Waals surface area (Å²) in [5.74, 6) is 2.65. The molecule has 2 aromatic carbocycles. The molecule has 0 spiro atoms. The van der Waals surface area contributed by atoms with Gasteiger partial charge >= 0.3 is 0 Å². The van der Waals surface area contributed by atoms with Gasteiger partial charge in [0.15, 0.2) is 11.5 Å². The van der Waals surface area contributed by atoms with Crippen molar-refractivity contribution in [2.45, 2.75) is 5.22 Å². The Hall–Kier alpha value is -3.40. The van der Waals surface area contributed by atoms with E-state index in [0.717, 1.165) is 11.8 Å². The predicted octanol–water partition coefficient (Wildman–Crippen LogP) is 3.21. The molecule has 3 aromatic rings. The zero-order valence-corrected chi connectivity index (χ0v) is 16.4. The highest BCUT2D eigenvalue weighted by Crippen LogP contribution is 2.35. The van der Waals surface area contributed by atoms with E-state index < -0.39 is 0 Å². The Balaban J connectivity index is 1.37. The van der Waals surface area contributed by atoms with Crippen molar-refractivity contribution in [1.82, 2.24) is 10.2 Å². The van der Waals surface area contributed by atoms with E-state index in [0.29, 0.717) is 40.1 Å². The standard InChI is InChI=1S/C19H17N3O6S/c1-24-12-4-5-13(15(8-12)25-2)18-21-22-19(28-18)29-9-17(23)20-11-3-6-14-16(7-11)27-10-26-14/h3-8H,9-10H2,1-2H3,(H,20,23). The molecule has 2 heterocycles. The molecule has 0 atom stereocenters. The van der Waals surface area contributed by atoms with E-state index in [-0.39, 0.29) is 23.7 Å². The maximum Gasteiger partial charge on any atom is 0.277 e. The van der Waals surface area contributed by atoms with Crippen molar-refractivity contribution in [3.05, 3.63) is 36.4 Å². The van der Waals surface area contributed by atoms with Crippen LogP contribution in [0.25, 0.3) is 11.5 Å². The first-order chi connectivity index (χ1) is 14.2. The van der Waals surface area contributed by atoms with Crippen LogP contribution in [0.4, 0.5) is 5.69 Å². The average Bonchev–Trinajstić information content (AvgIpc) is 3.40. The quantitative estimate of drug-likeness (QED) is 0.582. The van der Waals surface area contributed by atoms with E-state index >= 15 is 0 Å². The zero-order valence-electron chi connectivity index (χ0n) is 15.6. The Morgan fingerprint density at radius 2 is 1.97 bits per heavy atom. The maximum absolute atomic E-state index is 12.2. The number of hydrogen-bond donors (Lipinski definition) is 1. The molecule has 1 aromatic heterocycles. The minimum Gasteiger partial charge on any atom is -0.497 e. The zero-order chi connectivity index (χ0) is 20.2. The monoisotopic (exact) mass is 415 g/mol. The van der Waals surface area contributed by atoms with Gasteiger partial charge in [0.2, 0.25) is 12.7 Å². The van der Waals surface area contributed by atoms with Gasteiger partial charge in [0, 0.05) is 17.8 Å². The van der Waals surface area contributed by atoms with Crippen LogP contribution in [0, 0.1) is 0 Å². The van der Waals surface area contributed by atoms with Crippen LogP contribution in [0.15, 0.2) is 46.0 Å². The molecule has 0 unspecified atom stereocenters. The van der Waals surface area contributed by atoms with E-state index in [1.165, 1.54) is 0 Å². The number of thioether (sulfide) groups is 1. The Morgan fingerprint density at radius 1 is 1.10 bits per heavy atom. The summed E-state index contributed by atoms with van der Waals surface area (Å²) in [6, 6.07) is 10.5. The number of amides is 1. The van der Waals surface area contributed by atoms with Crippen molar-refractivity contribution < 1.29 is 28.2 Å². The molecule has 9 nitrogen and oxygen atoms in total. The molecule has 0 saturated heterocycles. The summed E-state index contributed by atoms with van der Waals surface area (Å²) in [4.78, 5) is 12.2. The van der Waals surface area contributed by atoms with Crippen molar-refractivity contribution in [2.75, 3.05) is 32.1 Å². The molecule has 1 amide bonds. The van der Waals surface area contributed by atoms with Crippen LogP contribution in [-0.2, 0) is 4.79 Å². The van der Waals surface area contributed by atoms with Gasteiger partial charge in [0.1, 0.15) is 11.5 Å². The molecular formula is C19H17N3O6S. The molecule has 0 saturated carbocycles. The number of ether oxygens (including phenoxy) is 4. The smallest absolute Gasteiger partial charge is 0.277 e. The third kappa shape index (κ3) is 4.21. The van der Waals surface area contributed by atoms with Crippen molar-refractivity contribution in [3.8, 4) is 34.5 Å². The number of carbonyl (C=O) groups excluding carboxylic acids is 1. The third-order valence-electron chi connectivity index (χ3n) is 4.03. The first-order valence-corrected chi connectivity index (χ1v) is 9.53. The highest BCUT2D eigenvalue weighted by molar-refractivity contribution is 7.99. The second kappa shape index (κ2) is 8.31. The SMILES string of the molecule is COc1ccc(-c2nnc(SCC(=O)Nc3ccc4c(c3)OCO4)o2)c(OC)c1. The lowest BCUT2D eigenvalue weighted by molar-refractivity contribution is -0.113. The average molecular weight is 415 g/mol. The minimum absolute atomic E-state index is 0.107. The summed E-state index contributed by atoms with van der Waals surface area (Å²) < 4.78 is 26.7. The number of carbonyl (C=O) groups is 1. The van der Waals surface area contributed by atoms with Crippen LogP contribution in [0.3, 0.4) is 0 Å². The summed E-state index contributed by atoms with van der Waals surface area (Å²) in [6.45, 7) is 0.182. The Bertz CT molecular complexity index is 1040. The molecular weight excluding hydrogens is 398 g/mol. The Kier molecular flexibility index (Phi) is 5.43. The van der Waals surface area contributed by atoms with E-state index in [1.54, 1.807) is 50.6 Å². The normalized spacial score (nSPS) is 11.9. The van der Waals surface area contributed by atoms with Crippen LogP contribution < -0.4 is 24.3 Å². The van der Waals surface area contributed by atoms with Crippen LogP contribution in [0.5, 0.6) is 23.0 Å². The summed E-state index contributed by atoms with van der Waals surface area (Å²) in [5, 5.41) is 11.1. The fraction of sp³-hybridized carbons (Fsp3) is 0.211. The number of fused-ring (bicyclic) bond motifs is 1. The molecule has 0 radical (unpaired) electrons. The molecule has 0 aliphatic carbocycles. The van der Waals surface area contributed by atoms with Gasteiger partial charge in [0.25, 0.3) is 11.1 Å². The Labute approximate surface area is 170 Å². The third-order valence-corrected chi connectivity index (χ3v) is 4.85. The Morgan fingerprint density at radius 3 is 2.79 bits per heavy atom. The second-order valence-corrected chi connectivity index (χ2v) is 6.77. The summed E-state index contributed by atoms with van der Waals surface area (Å²) in [7, 11) is 3.12. The molecule has 1 N–H and O–H groups in total. The van der Waals surface area contributed by atoms with Gasteiger partial charge in [-0.1, -0.05) is 11.8 Å². The van der Waals surface area contributed by atoms with Crippen LogP contribution in [-0.4, -0.2) is 42.9 Å². The van der Waals surface area contributed by atoms with E-state index in [9.17, 15) is 4.79 Å². The van der Waals surface area contributed by atoms with Crippen molar-refractivity contribution in [3.63, 3.8) is 0 Å². The van der Waals surface area contributed by atoms with Crippen molar-refractivity contribution in [2.24, 2.45) is 0 Å². The summed E-state index contributed by atoms with van der Waals surface area (Å²) >= 11 is 1.14. The number of rotatable bonds is 7. The van der Waals surface area contributed by atoms with E-state index in [2.05, 4.69) is 15.5 Å². The summed E-state index contributed by atoms with van der Waals surface area (Å²) in [6.07, 6.45) is 0. The highest BCUT2D eigenvalue weighted by atomic mass is 32.2. The van der Waals surface area contributed by atoms with Crippen molar-refractivity contribution in [1.29, 1.82) is 0 Å². The first kappa shape index (κ1) is 18.9. The fourth-order valence-electron chi connectivity index (χ4n) is 2.65. The van der Waals surface area contributed by atoms with Gasteiger partial charge in [0.05, 0.1) is 25.5 Å². The fourth-order valence-corrected chi connectivity index (χ4v) is 3.21. The number of methoxy groups -OCH3 is 2. The van der Waals surface area contributed by atoms with Crippen molar-refractivity contribution >= 4 is 23.4 Å². The van der Waals surface area contributed by atoms with Gasteiger partial charge in [-0.2, -0.15) is 0 Å². The van der Waals surface area contributed by atoms with E-state index in [4.69, 9.17) is 23.4 Å². The largest absolute Gasteiger partial charge is 0.497 e.